The molecule has 218 valence electrons. The summed E-state index contributed by atoms with van der Waals surface area (Å²) in [6.45, 7) is 5.60. The highest BCUT2D eigenvalue weighted by molar-refractivity contribution is 6.30. The Morgan fingerprint density at radius 1 is 0.930 bits per heavy atom. The van der Waals surface area contributed by atoms with Gasteiger partial charge in [-0.3, -0.25) is 19.3 Å². The van der Waals surface area contributed by atoms with Crippen LogP contribution in [0, 0.1) is 24.7 Å². The number of nitrogens with zero attached hydrogens (tertiary/aromatic N) is 2. The van der Waals surface area contributed by atoms with Gasteiger partial charge in [0.1, 0.15) is 0 Å². The van der Waals surface area contributed by atoms with Crippen LogP contribution in [0.4, 0.5) is 5.69 Å². The van der Waals surface area contributed by atoms with Crippen molar-refractivity contribution in [2.75, 3.05) is 4.90 Å². The maximum atomic E-state index is 13.5. The molecule has 4 unspecified atom stereocenters. The maximum absolute atomic E-state index is 13.5. The molecule has 0 spiro atoms. The van der Waals surface area contributed by atoms with Crippen LogP contribution in [0.15, 0.2) is 72.8 Å². The Hall–Kier alpha value is -4.36. The molecule has 4 atom stereocenters. The molecular weight excluding hydrogens is 564 g/mol. The first-order valence-electron chi connectivity index (χ1n) is 14.5. The van der Waals surface area contributed by atoms with E-state index in [2.05, 4.69) is 6.92 Å². The lowest BCUT2D eigenvalue weighted by Crippen LogP contribution is -2.30. The minimum Gasteiger partial charge on any atom is -0.451 e. The van der Waals surface area contributed by atoms with E-state index >= 15 is 0 Å². The van der Waals surface area contributed by atoms with Crippen LogP contribution >= 0.6 is 11.6 Å². The zero-order valence-electron chi connectivity index (χ0n) is 24.2. The first-order valence-corrected chi connectivity index (χ1v) is 14.9. The van der Waals surface area contributed by atoms with Crippen LogP contribution in [-0.4, -0.2) is 34.7 Å². The molecule has 6 rings (SSSR count). The zero-order valence-corrected chi connectivity index (χ0v) is 24.9. The third kappa shape index (κ3) is 5.45. The van der Waals surface area contributed by atoms with Gasteiger partial charge in [0.05, 0.1) is 34.3 Å². The van der Waals surface area contributed by atoms with E-state index in [0.29, 0.717) is 44.4 Å². The second-order valence-corrected chi connectivity index (χ2v) is 12.1. The fraction of sp³-hybridized carbons (Fsp3) is 0.286. The molecule has 1 saturated carbocycles. The number of ketones is 1. The highest BCUT2D eigenvalue weighted by Crippen LogP contribution is 2.42. The molecule has 7 nitrogen and oxygen atoms in total. The fourth-order valence-corrected chi connectivity index (χ4v) is 6.33. The molecule has 2 fully saturated rings. The van der Waals surface area contributed by atoms with Crippen LogP contribution in [0.5, 0.6) is 0 Å². The predicted molar refractivity (Wildman–Crippen MR) is 165 cm³/mol. The van der Waals surface area contributed by atoms with Crippen molar-refractivity contribution in [3.05, 3.63) is 94.5 Å². The minimum atomic E-state index is -1.02. The SMILES string of the molecule is Cc1ccc2nc(-c3ccc(N4C(=O)C5CCC(C)CC5C4=O)cc3)cc(C(=O)OC(C)C(=O)c3ccc(Cl)cc3)c2c1. The van der Waals surface area contributed by atoms with Crippen LogP contribution in [0.25, 0.3) is 22.2 Å². The van der Waals surface area contributed by atoms with Gasteiger partial charge in [-0.05, 0) is 93.6 Å². The molecule has 2 aliphatic rings. The van der Waals surface area contributed by atoms with E-state index in [9.17, 15) is 19.2 Å². The Labute approximate surface area is 254 Å². The molecule has 2 amide bonds. The Bertz CT molecular complexity index is 1770. The number of esters is 1. The lowest BCUT2D eigenvalue weighted by molar-refractivity contribution is -0.122. The number of aromatic nitrogens is 1. The van der Waals surface area contributed by atoms with Gasteiger partial charge in [-0.2, -0.15) is 0 Å². The first-order chi connectivity index (χ1) is 20.6. The molecule has 0 bridgehead atoms. The number of pyridine rings is 1. The molecule has 1 saturated heterocycles. The van der Waals surface area contributed by atoms with Crippen LogP contribution in [-0.2, 0) is 14.3 Å². The number of ether oxygens (including phenoxy) is 1. The van der Waals surface area contributed by atoms with E-state index in [1.807, 2.05) is 25.1 Å². The van der Waals surface area contributed by atoms with Gasteiger partial charge in [0.25, 0.3) is 0 Å². The smallest absolute Gasteiger partial charge is 0.339 e. The molecule has 0 N–H and O–H groups in total. The van der Waals surface area contributed by atoms with E-state index in [4.69, 9.17) is 21.3 Å². The number of imide groups is 1. The van der Waals surface area contributed by atoms with Gasteiger partial charge in [-0.25, -0.2) is 9.78 Å². The molecular formula is C35H31ClN2O5. The highest BCUT2D eigenvalue weighted by Gasteiger charge is 2.49. The van der Waals surface area contributed by atoms with E-state index in [1.165, 1.54) is 4.90 Å². The number of halogens is 1. The Kier molecular flexibility index (Phi) is 7.61. The standard InChI is InChI=1S/C35H31ClN2O5/c1-19-4-14-26-28(17-19)34(41)38(33(26)40)25-12-8-22(9-13-25)31-18-29(27-16-20(2)5-15-30(27)37-31)35(42)43-21(3)32(39)23-6-10-24(36)11-7-23/h5-13,15-16,18-19,21,26,28H,4,14,17H2,1-3H3. The van der Waals surface area contributed by atoms with Crippen LogP contribution in [0.2, 0.25) is 5.02 Å². The van der Waals surface area contributed by atoms with Crippen molar-refractivity contribution < 1.29 is 23.9 Å². The topological polar surface area (TPSA) is 93.6 Å². The van der Waals surface area contributed by atoms with Gasteiger partial charge >= 0.3 is 5.97 Å². The number of amides is 2. The molecule has 2 heterocycles. The molecule has 4 aromatic rings. The summed E-state index contributed by atoms with van der Waals surface area (Å²) in [6.07, 6.45) is 1.42. The molecule has 43 heavy (non-hydrogen) atoms. The van der Waals surface area contributed by atoms with E-state index in [-0.39, 0.29) is 35.0 Å². The average molecular weight is 595 g/mol. The fourth-order valence-electron chi connectivity index (χ4n) is 6.21. The van der Waals surface area contributed by atoms with Gasteiger partial charge in [0.2, 0.25) is 17.6 Å². The monoisotopic (exact) mass is 594 g/mol. The van der Waals surface area contributed by atoms with Gasteiger partial charge in [-0.1, -0.05) is 42.3 Å². The minimum absolute atomic E-state index is 0.124. The largest absolute Gasteiger partial charge is 0.451 e. The van der Waals surface area contributed by atoms with Crippen LogP contribution < -0.4 is 4.90 Å². The number of Topliss-reactive ketones (excluding diaryl/α,β-unsaturated/α-hetero) is 1. The van der Waals surface area contributed by atoms with Crippen molar-refractivity contribution in [3.8, 4) is 11.3 Å². The molecule has 0 radical (unpaired) electrons. The van der Waals surface area contributed by atoms with Crippen LogP contribution in [0.3, 0.4) is 0 Å². The molecule has 8 heteroatoms. The lowest BCUT2D eigenvalue weighted by Gasteiger charge is -2.25. The van der Waals surface area contributed by atoms with Crippen molar-refractivity contribution in [2.24, 2.45) is 17.8 Å². The van der Waals surface area contributed by atoms with Crippen LogP contribution in [0.1, 0.15) is 59.4 Å². The van der Waals surface area contributed by atoms with Crippen molar-refractivity contribution in [1.29, 1.82) is 0 Å². The van der Waals surface area contributed by atoms with Gasteiger partial charge in [-0.15, -0.1) is 0 Å². The van der Waals surface area contributed by atoms with E-state index in [1.54, 1.807) is 61.5 Å². The third-order valence-electron chi connectivity index (χ3n) is 8.57. The molecule has 1 aliphatic heterocycles. The number of anilines is 1. The average Bonchev–Trinajstić information content (AvgIpc) is 3.25. The summed E-state index contributed by atoms with van der Waals surface area (Å²) in [7, 11) is 0. The number of aryl methyl sites for hydroxylation is 1. The lowest BCUT2D eigenvalue weighted by atomic mass is 9.76. The molecule has 3 aromatic carbocycles. The summed E-state index contributed by atoms with van der Waals surface area (Å²) >= 11 is 5.94. The maximum Gasteiger partial charge on any atom is 0.339 e. The first kappa shape index (κ1) is 28.7. The summed E-state index contributed by atoms with van der Waals surface area (Å²) in [5.74, 6) is -1.28. The summed E-state index contributed by atoms with van der Waals surface area (Å²) in [5.41, 5.74) is 3.98. The van der Waals surface area contributed by atoms with Gasteiger partial charge < -0.3 is 4.74 Å². The van der Waals surface area contributed by atoms with E-state index < -0.39 is 12.1 Å². The summed E-state index contributed by atoms with van der Waals surface area (Å²) < 4.78 is 5.65. The summed E-state index contributed by atoms with van der Waals surface area (Å²) in [5, 5.41) is 1.12. The quantitative estimate of drug-likeness (QED) is 0.133. The third-order valence-corrected chi connectivity index (χ3v) is 8.83. The normalized spacial score (nSPS) is 20.7. The second-order valence-electron chi connectivity index (χ2n) is 11.7. The number of hydrogen-bond acceptors (Lipinski definition) is 6. The number of hydrogen-bond donors (Lipinski definition) is 0. The van der Waals surface area contributed by atoms with Crippen molar-refractivity contribution in [1.82, 2.24) is 4.98 Å². The number of carbonyl (C=O) groups excluding carboxylic acids is 4. The van der Waals surface area contributed by atoms with Gasteiger partial charge in [0, 0.05) is 21.5 Å². The van der Waals surface area contributed by atoms with Crippen molar-refractivity contribution in [3.63, 3.8) is 0 Å². The zero-order chi connectivity index (χ0) is 30.4. The Morgan fingerprint density at radius 3 is 2.35 bits per heavy atom. The Morgan fingerprint density at radius 2 is 1.63 bits per heavy atom. The summed E-state index contributed by atoms with van der Waals surface area (Å²) in [4.78, 5) is 58.9. The molecule has 1 aromatic heterocycles. The number of benzene rings is 3. The number of rotatable bonds is 6. The Balaban J connectivity index is 1.29. The van der Waals surface area contributed by atoms with Crippen molar-refractivity contribution >= 4 is 51.8 Å². The highest BCUT2D eigenvalue weighted by atomic mass is 35.5. The van der Waals surface area contributed by atoms with Crippen molar-refractivity contribution in [2.45, 2.75) is 46.1 Å². The second kappa shape index (κ2) is 11.4. The number of fused-ring (bicyclic) bond motifs is 2. The van der Waals surface area contributed by atoms with E-state index in [0.717, 1.165) is 24.8 Å². The number of carbonyl (C=O) groups is 4. The predicted octanol–water partition coefficient (Wildman–Crippen LogP) is 7.22. The molecule has 1 aliphatic carbocycles. The summed E-state index contributed by atoms with van der Waals surface area (Å²) in [6, 6.07) is 20.8. The van der Waals surface area contributed by atoms with Gasteiger partial charge in [0.15, 0.2) is 6.10 Å².